The van der Waals surface area contributed by atoms with E-state index in [1.54, 1.807) is 41.3 Å². The van der Waals surface area contributed by atoms with Crippen LogP contribution in [0.25, 0.3) is 0 Å². The Bertz CT molecular complexity index is 1540. The lowest BCUT2D eigenvalue weighted by atomic mass is 10.0. The van der Waals surface area contributed by atoms with Crippen LogP contribution < -0.4 is 4.90 Å². The van der Waals surface area contributed by atoms with Gasteiger partial charge in [-0.2, -0.15) is 4.31 Å². The normalized spacial score (nSPS) is 16.3. The van der Waals surface area contributed by atoms with Gasteiger partial charge in [0.1, 0.15) is 0 Å². The van der Waals surface area contributed by atoms with Crippen LogP contribution in [0.3, 0.4) is 0 Å². The number of hydrogen-bond donors (Lipinski definition) is 0. The maximum atomic E-state index is 13.3. The molecule has 2 aliphatic heterocycles. The first kappa shape index (κ1) is 24.9. The molecule has 8 nitrogen and oxygen atoms in total. The number of aryl methyl sites for hydroxylation is 3. The molecule has 9 heteroatoms. The van der Waals surface area contributed by atoms with Gasteiger partial charge in [0.25, 0.3) is 17.7 Å². The van der Waals surface area contributed by atoms with E-state index in [4.69, 9.17) is 0 Å². The number of carbonyl (C=O) groups excluding carboxylic acids is 3. The maximum absolute atomic E-state index is 13.3. The van der Waals surface area contributed by atoms with Gasteiger partial charge in [-0.25, -0.2) is 13.3 Å². The zero-order valence-electron chi connectivity index (χ0n) is 20.9. The summed E-state index contributed by atoms with van der Waals surface area (Å²) in [6.45, 7) is 6.42. The second kappa shape index (κ2) is 9.24. The predicted molar refractivity (Wildman–Crippen MR) is 139 cm³/mol. The van der Waals surface area contributed by atoms with Crippen molar-refractivity contribution in [3.63, 3.8) is 0 Å². The van der Waals surface area contributed by atoms with Crippen LogP contribution in [0.5, 0.6) is 0 Å². The number of rotatable bonds is 4. The van der Waals surface area contributed by atoms with Gasteiger partial charge in [0.05, 0.1) is 21.7 Å². The van der Waals surface area contributed by atoms with E-state index in [1.165, 1.54) is 16.4 Å². The zero-order valence-corrected chi connectivity index (χ0v) is 21.7. The van der Waals surface area contributed by atoms with Crippen LogP contribution in [0, 0.1) is 20.8 Å². The van der Waals surface area contributed by atoms with Crippen molar-refractivity contribution in [1.82, 2.24) is 9.21 Å². The summed E-state index contributed by atoms with van der Waals surface area (Å²) in [5, 5.41) is 0. The van der Waals surface area contributed by atoms with Gasteiger partial charge >= 0.3 is 0 Å². The highest BCUT2D eigenvalue weighted by Crippen LogP contribution is 2.32. The Labute approximate surface area is 216 Å². The van der Waals surface area contributed by atoms with Crippen molar-refractivity contribution in [1.29, 1.82) is 0 Å². The molecule has 3 aromatic rings. The second-order valence-corrected chi connectivity index (χ2v) is 11.4. The monoisotopic (exact) mass is 517 g/mol. The molecule has 0 bridgehead atoms. The summed E-state index contributed by atoms with van der Waals surface area (Å²) in [6, 6.07) is 16.8. The number of anilines is 1. The first-order valence-electron chi connectivity index (χ1n) is 12.0. The van der Waals surface area contributed by atoms with Gasteiger partial charge in [-0.15, -0.1) is 0 Å². The average molecular weight is 518 g/mol. The van der Waals surface area contributed by atoms with E-state index in [9.17, 15) is 22.8 Å². The molecule has 0 unspecified atom stereocenters. The van der Waals surface area contributed by atoms with E-state index in [-0.39, 0.29) is 53.7 Å². The Balaban J connectivity index is 1.32. The molecule has 0 N–H and O–H groups in total. The lowest BCUT2D eigenvalue weighted by Gasteiger charge is -2.34. The molecule has 0 aliphatic carbocycles. The van der Waals surface area contributed by atoms with Crippen LogP contribution in [0.2, 0.25) is 0 Å². The van der Waals surface area contributed by atoms with Crippen molar-refractivity contribution in [3.8, 4) is 0 Å². The van der Waals surface area contributed by atoms with E-state index in [0.717, 1.165) is 21.6 Å². The number of imide groups is 1. The summed E-state index contributed by atoms with van der Waals surface area (Å²) < 4.78 is 27.3. The number of hydrogen-bond acceptors (Lipinski definition) is 5. The minimum atomic E-state index is -3.65. The molecule has 2 aliphatic rings. The highest BCUT2D eigenvalue weighted by atomic mass is 32.2. The summed E-state index contributed by atoms with van der Waals surface area (Å²) in [5.74, 6) is -1.18. The van der Waals surface area contributed by atoms with Crippen molar-refractivity contribution >= 4 is 33.4 Å². The molecule has 3 amide bonds. The highest BCUT2D eigenvalue weighted by molar-refractivity contribution is 7.89. The highest BCUT2D eigenvalue weighted by Gasteiger charge is 2.38. The van der Waals surface area contributed by atoms with Gasteiger partial charge in [0, 0.05) is 31.7 Å². The third-order valence-corrected chi connectivity index (χ3v) is 8.84. The van der Waals surface area contributed by atoms with Crippen molar-refractivity contribution < 1.29 is 22.8 Å². The zero-order chi connectivity index (χ0) is 26.5. The van der Waals surface area contributed by atoms with Crippen molar-refractivity contribution in [2.45, 2.75) is 25.7 Å². The van der Waals surface area contributed by atoms with Gasteiger partial charge < -0.3 is 4.90 Å². The summed E-state index contributed by atoms with van der Waals surface area (Å²) >= 11 is 0. The summed E-state index contributed by atoms with van der Waals surface area (Å²) in [5.41, 5.74) is 3.98. The van der Waals surface area contributed by atoms with Crippen LogP contribution in [-0.2, 0) is 10.0 Å². The first-order chi connectivity index (χ1) is 17.6. The number of piperazine rings is 1. The van der Waals surface area contributed by atoms with Gasteiger partial charge in [-0.1, -0.05) is 29.8 Å². The summed E-state index contributed by atoms with van der Waals surface area (Å²) in [7, 11) is -3.65. The fourth-order valence-corrected chi connectivity index (χ4v) is 6.15. The molecule has 0 spiro atoms. The smallest absolute Gasteiger partial charge is 0.266 e. The maximum Gasteiger partial charge on any atom is 0.266 e. The molecule has 37 heavy (non-hydrogen) atoms. The number of nitrogens with zero attached hydrogens (tertiary/aromatic N) is 3. The van der Waals surface area contributed by atoms with Crippen LogP contribution in [-0.4, -0.2) is 61.5 Å². The Morgan fingerprint density at radius 3 is 2.03 bits per heavy atom. The van der Waals surface area contributed by atoms with Gasteiger partial charge in [0.2, 0.25) is 10.0 Å². The van der Waals surface area contributed by atoms with Gasteiger partial charge in [0.15, 0.2) is 0 Å². The van der Waals surface area contributed by atoms with E-state index < -0.39 is 21.8 Å². The fraction of sp³-hybridized carbons (Fsp3) is 0.250. The van der Waals surface area contributed by atoms with E-state index in [1.807, 2.05) is 32.9 Å². The standard InChI is InChI=1S/C28H27N3O5S/c1-18-5-9-22(10-6-18)37(35,36)30-14-12-29(13-15-30)26(32)21-8-11-23-24(17-21)28(34)31(27(23)33)25-16-19(2)4-7-20(25)3/h4-11,16-17H,12-15H2,1-3H3. The van der Waals surface area contributed by atoms with Gasteiger partial charge in [-0.05, 0) is 68.3 Å². The van der Waals surface area contributed by atoms with Crippen molar-refractivity contribution in [3.05, 3.63) is 94.0 Å². The number of benzene rings is 3. The Kier molecular flexibility index (Phi) is 6.21. The molecule has 0 radical (unpaired) electrons. The summed E-state index contributed by atoms with van der Waals surface area (Å²) in [4.78, 5) is 42.5. The molecule has 0 saturated carbocycles. The van der Waals surface area contributed by atoms with E-state index in [2.05, 4.69) is 0 Å². The molecule has 3 aromatic carbocycles. The quantitative estimate of drug-likeness (QED) is 0.493. The predicted octanol–water partition coefficient (Wildman–Crippen LogP) is 3.56. The molecule has 0 atom stereocenters. The number of carbonyl (C=O) groups is 3. The Morgan fingerprint density at radius 2 is 1.35 bits per heavy atom. The largest absolute Gasteiger partial charge is 0.336 e. The molecule has 5 rings (SSSR count). The lowest BCUT2D eigenvalue weighted by Crippen LogP contribution is -2.50. The van der Waals surface area contributed by atoms with Gasteiger partial charge in [-0.3, -0.25) is 14.4 Å². The molecule has 2 heterocycles. The SMILES string of the molecule is Cc1ccc(S(=O)(=O)N2CCN(C(=O)c3ccc4c(c3)C(=O)N(c3cc(C)ccc3C)C4=O)CC2)cc1. The molecule has 190 valence electrons. The van der Waals surface area contributed by atoms with Crippen LogP contribution in [0.15, 0.2) is 65.6 Å². The fourth-order valence-electron chi connectivity index (χ4n) is 4.73. The molecule has 1 saturated heterocycles. The molecule has 1 fully saturated rings. The van der Waals surface area contributed by atoms with Crippen molar-refractivity contribution in [2.75, 3.05) is 31.1 Å². The molecule has 0 aromatic heterocycles. The Hall–Kier alpha value is -3.82. The van der Waals surface area contributed by atoms with Crippen LogP contribution in [0.4, 0.5) is 5.69 Å². The minimum Gasteiger partial charge on any atom is -0.336 e. The number of fused-ring (bicyclic) bond motifs is 1. The van der Waals surface area contributed by atoms with Crippen LogP contribution in [0.1, 0.15) is 47.8 Å². The average Bonchev–Trinajstić information content (AvgIpc) is 3.14. The van der Waals surface area contributed by atoms with Crippen molar-refractivity contribution in [2.24, 2.45) is 0 Å². The van der Waals surface area contributed by atoms with Crippen LogP contribution >= 0.6 is 0 Å². The third-order valence-electron chi connectivity index (χ3n) is 6.92. The third kappa shape index (κ3) is 4.34. The molecular weight excluding hydrogens is 490 g/mol. The topological polar surface area (TPSA) is 95.1 Å². The minimum absolute atomic E-state index is 0.171. The Morgan fingerprint density at radius 1 is 0.730 bits per heavy atom. The lowest BCUT2D eigenvalue weighted by molar-refractivity contribution is 0.0697. The summed E-state index contributed by atoms with van der Waals surface area (Å²) in [6.07, 6.45) is 0. The first-order valence-corrected chi connectivity index (χ1v) is 13.5. The second-order valence-electron chi connectivity index (χ2n) is 9.51. The molecular formula is C28H27N3O5S. The number of amides is 3. The van der Waals surface area contributed by atoms with E-state index >= 15 is 0 Å². The number of sulfonamides is 1. The van der Waals surface area contributed by atoms with E-state index in [0.29, 0.717) is 5.69 Å².